The lowest BCUT2D eigenvalue weighted by Gasteiger charge is -2.13. The molecule has 3 rings (SSSR count). The highest BCUT2D eigenvalue weighted by Gasteiger charge is 2.21. The number of hydrogen-bond acceptors (Lipinski definition) is 11. The Hall–Kier alpha value is -3.42. The fourth-order valence-electron chi connectivity index (χ4n) is 2.51. The number of nitrogen functional groups attached to an aromatic ring is 1. The third-order valence-electron chi connectivity index (χ3n) is 3.80. The van der Waals surface area contributed by atoms with Crippen LogP contribution in [-0.4, -0.2) is 49.7 Å². The molecule has 33 heavy (non-hydrogen) atoms. The van der Waals surface area contributed by atoms with Gasteiger partial charge in [-0.3, -0.25) is 18.4 Å². The smallest absolute Gasteiger partial charge is 0.296 e. The Labute approximate surface area is 189 Å². The number of anilines is 6. The maximum Gasteiger partial charge on any atom is 0.296 e. The number of para-hydroxylation sites is 2. The predicted molar refractivity (Wildman–Crippen MR) is 118 cm³/mol. The SMILES string of the molecule is Nc1nc(Nc2ccccc2NS(=O)O)nc(Nc2cc(S(=O)(=O)O)ccc2S(=O)(=O)O)n1. The van der Waals surface area contributed by atoms with Gasteiger partial charge in [0.1, 0.15) is 4.90 Å². The molecule has 176 valence electrons. The zero-order valence-electron chi connectivity index (χ0n) is 16.1. The fourth-order valence-corrected chi connectivity index (χ4v) is 4.01. The van der Waals surface area contributed by atoms with E-state index in [4.69, 9.17) is 10.3 Å². The van der Waals surface area contributed by atoms with Crippen LogP contribution in [0.3, 0.4) is 0 Å². The zero-order valence-corrected chi connectivity index (χ0v) is 18.5. The van der Waals surface area contributed by atoms with Crippen LogP contribution < -0.4 is 21.1 Å². The summed E-state index contributed by atoms with van der Waals surface area (Å²) < 4.78 is 87.2. The maximum absolute atomic E-state index is 11.7. The molecule has 0 aliphatic rings. The summed E-state index contributed by atoms with van der Waals surface area (Å²) in [4.78, 5) is 10.2. The van der Waals surface area contributed by atoms with E-state index in [-0.39, 0.29) is 29.2 Å². The molecule has 0 aliphatic heterocycles. The molecule has 0 bridgehead atoms. The summed E-state index contributed by atoms with van der Waals surface area (Å²) >= 11 is -2.37. The van der Waals surface area contributed by atoms with E-state index in [2.05, 4.69) is 30.3 Å². The molecule has 1 atom stereocenters. The molecular weight excluding hydrogens is 502 g/mol. The standard InChI is InChI=1S/C15H15N7O8S3/c16-13-19-14(17-9-3-1-2-4-10(9)22-31(23)24)21-15(20-13)18-11-7-8(32(25,26)27)5-6-12(11)33(28,29)30/h1-7,22H,(H,23,24)(H,25,26,27)(H,28,29,30)(H4,16,17,18,19,20,21). The van der Waals surface area contributed by atoms with Crippen molar-refractivity contribution in [3.63, 3.8) is 0 Å². The average molecular weight is 518 g/mol. The normalized spacial score (nSPS) is 12.7. The van der Waals surface area contributed by atoms with Crippen molar-refractivity contribution in [3.8, 4) is 0 Å². The zero-order chi connectivity index (χ0) is 24.4. The van der Waals surface area contributed by atoms with Crippen molar-refractivity contribution in [1.82, 2.24) is 15.0 Å². The number of hydrogen-bond donors (Lipinski definition) is 7. The summed E-state index contributed by atoms with van der Waals surface area (Å²) in [5, 5.41) is 5.14. The van der Waals surface area contributed by atoms with Crippen LogP contribution in [-0.2, 0) is 31.5 Å². The first-order valence-corrected chi connectivity index (χ1v) is 12.4. The Kier molecular flexibility index (Phi) is 6.76. The van der Waals surface area contributed by atoms with Crippen LogP contribution in [0.1, 0.15) is 0 Å². The summed E-state index contributed by atoms with van der Waals surface area (Å²) in [7, 11) is -9.53. The quantitative estimate of drug-likeness (QED) is 0.163. The van der Waals surface area contributed by atoms with E-state index in [0.717, 1.165) is 18.2 Å². The van der Waals surface area contributed by atoms with Crippen molar-refractivity contribution in [2.24, 2.45) is 0 Å². The van der Waals surface area contributed by atoms with E-state index in [1.807, 2.05) is 0 Å². The minimum atomic E-state index is -4.82. The van der Waals surface area contributed by atoms with Crippen molar-refractivity contribution in [3.05, 3.63) is 42.5 Å². The molecule has 0 amide bonds. The first-order chi connectivity index (χ1) is 15.3. The Bertz CT molecular complexity index is 1450. The molecule has 2 aromatic carbocycles. The number of nitrogens with zero attached hydrogens (tertiary/aromatic N) is 3. The van der Waals surface area contributed by atoms with Crippen LogP contribution in [0.15, 0.2) is 52.3 Å². The summed E-state index contributed by atoms with van der Waals surface area (Å²) in [6.07, 6.45) is 0. The molecule has 0 saturated carbocycles. The Morgan fingerprint density at radius 1 is 0.818 bits per heavy atom. The highest BCUT2D eigenvalue weighted by Crippen LogP contribution is 2.28. The predicted octanol–water partition coefficient (Wildman–Crippen LogP) is 0.983. The fraction of sp³-hybridized carbons (Fsp3) is 0. The Morgan fingerprint density at radius 3 is 1.94 bits per heavy atom. The molecule has 18 heteroatoms. The van der Waals surface area contributed by atoms with Crippen molar-refractivity contribution in [2.75, 3.05) is 21.1 Å². The first-order valence-electron chi connectivity index (χ1n) is 8.44. The van der Waals surface area contributed by atoms with E-state index in [1.165, 1.54) is 12.1 Å². The molecule has 0 fully saturated rings. The Balaban J connectivity index is 2.01. The lowest BCUT2D eigenvalue weighted by atomic mass is 10.3. The van der Waals surface area contributed by atoms with Crippen LogP contribution in [0.25, 0.3) is 0 Å². The lowest BCUT2D eigenvalue weighted by molar-refractivity contribution is 0.479. The summed E-state index contributed by atoms with van der Waals surface area (Å²) in [6, 6.07) is 8.47. The van der Waals surface area contributed by atoms with Crippen molar-refractivity contribution < 1.29 is 34.7 Å². The van der Waals surface area contributed by atoms with E-state index in [0.29, 0.717) is 0 Å². The molecule has 0 radical (unpaired) electrons. The van der Waals surface area contributed by atoms with Crippen LogP contribution in [0, 0.1) is 0 Å². The minimum absolute atomic E-state index is 0.178. The molecule has 15 nitrogen and oxygen atoms in total. The van der Waals surface area contributed by atoms with Gasteiger partial charge in [0.25, 0.3) is 31.5 Å². The second kappa shape index (κ2) is 9.21. The van der Waals surface area contributed by atoms with Gasteiger partial charge in [0.2, 0.25) is 17.8 Å². The molecule has 0 saturated heterocycles. The summed E-state index contributed by atoms with van der Waals surface area (Å²) in [6.45, 7) is 0. The highest BCUT2D eigenvalue weighted by atomic mass is 32.2. The van der Waals surface area contributed by atoms with Gasteiger partial charge in [0, 0.05) is 0 Å². The van der Waals surface area contributed by atoms with Gasteiger partial charge in [-0.25, -0.2) is 4.21 Å². The van der Waals surface area contributed by atoms with Crippen molar-refractivity contribution in [1.29, 1.82) is 0 Å². The van der Waals surface area contributed by atoms with Gasteiger partial charge in [0.15, 0.2) is 0 Å². The van der Waals surface area contributed by atoms with Gasteiger partial charge in [-0.1, -0.05) is 12.1 Å². The molecule has 1 aromatic heterocycles. The summed E-state index contributed by atoms with van der Waals surface area (Å²) in [5.74, 6) is -0.883. The topological polar surface area (TPSA) is 247 Å². The summed E-state index contributed by atoms with van der Waals surface area (Å²) in [5.41, 5.74) is 5.65. The van der Waals surface area contributed by atoms with Crippen molar-refractivity contribution in [2.45, 2.75) is 9.79 Å². The Morgan fingerprint density at radius 2 is 1.39 bits per heavy atom. The second-order valence-electron chi connectivity index (χ2n) is 6.10. The van der Waals surface area contributed by atoms with Crippen molar-refractivity contribution >= 4 is 66.4 Å². The highest BCUT2D eigenvalue weighted by molar-refractivity contribution is 7.86. The van der Waals surface area contributed by atoms with E-state index >= 15 is 0 Å². The van der Waals surface area contributed by atoms with Gasteiger partial charge in [-0.15, -0.1) is 0 Å². The number of nitrogens with two attached hydrogens (primary N) is 1. The monoisotopic (exact) mass is 517 g/mol. The van der Waals surface area contributed by atoms with Crippen LogP contribution in [0.2, 0.25) is 0 Å². The van der Waals surface area contributed by atoms with E-state index in [9.17, 15) is 30.1 Å². The van der Waals surface area contributed by atoms with Crippen LogP contribution in [0.5, 0.6) is 0 Å². The third-order valence-corrected chi connectivity index (χ3v) is 5.95. The largest absolute Gasteiger partial charge is 0.368 e. The molecule has 1 heterocycles. The van der Waals surface area contributed by atoms with Gasteiger partial charge in [0.05, 0.1) is 22.0 Å². The van der Waals surface area contributed by atoms with Gasteiger partial charge >= 0.3 is 0 Å². The number of aromatic nitrogens is 3. The molecule has 0 aliphatic carbocycles. The lowest BCUT2D eigenvalue weighted by Crippen LogP contribution is -2.11. The maximum atomic E-state index is 11.7. The second-order valence-corrected chi connectivity index (χ2v) is 9.61. The first kappa shape index (κ1) is 24.2. The molecule has 0 spiro atoms. The van der Waals surface area contributed by atoms with E-state index in [1.54, 1.807) is 12.1 Å². The van der Waals surface area contributed by atoms with Gasteiger partial charge in [-0.2, -0.15) is 31.8 Å². The molecule has 3 aromatic rings. The number of benzene rings is 2. The van der Waals surface area contributed by atoms with Crippen LogP contribution >= 0.6 is 0 Å². The minimum Gasteiger partial charge on any atom is -0.368 e. The third kappa shape index (κ3) is 6.31. The molecule has 8 N–H and O–H groups in total. The number of rotatable bonds is 8. The molecular formula is C15H15N7O8S3. The van der Waals surface area contributed by atoms with Crippen LogP contribution in [0.4, 0.5) is 34.9 Å². The van der Waals surface area contributed by atoms with E-state index < -0.39 is 47.0 Å². The molecule has 1 unspecified atom stereocenters. The average Bonchev–Trinajstić information content (AvgIpc) is 2.67. The van der Waals surface area contributed by atoms with Gasteiger partial charge in [-0.05, 0) is 30.3 Å². The van der Waals surface area contributed by atoms with Gasteiger partial charge < -0.3 is 16.4 Å². The number of nitrogens with one attached hydrogen (secondary N) is 3.